The van der Waals surface area contributed by atoms with Crippen LogP contribution in [0.2, 0.25) is 0 Å². The number of ether oxygens (including phenoxy) is 3. The van der Waals surface area contributed by atoms with Gasteiger partial charge in [0.2, 0.25) is 5.91 Å². The number of aromatic nitrogens is 4. The van der Waals surface area contributed by atoms with E-state index in [0.29, 0.717) is 28.2 Å². The molecule has 1 amide bonds. The highest BCUT2D eigenvalue weighted by Gasteiger charge is 2.44. The average molecular weight is 509 g/mol. The summed E-state index contributed by atoms with van der Waals surface area (Å²) in [6.07, 6.45) is -0.879. The van der Waals surface area contributed by atoms with Gasteiger partial charge in [0.25, 0.3) is 5.56 Å². The van der Waals surface area contributed by atoms with Crippen molar-refractivity contribution < 1.29 is 27.8 Å². The second-order valence-electron chi connectivity index (χ2n) is 8.97. The number of carbonyl (C=O) groups excluding carboxylic acids is 1. The molecule has 37 heavy (non-hydrogen) atoms. The van der Waals surface area contributed by atoms with Crippen LogP contribution in [0.25, 0.3) is 22.3 Å². The Kier molecular flexibility index (Phi) is 5.14. The van der Waals surface area contributed by atoms with Crippen molar-refractivity contribution in [2.75, 3.05) is 12.0 Å². The van der Waals surface area contributed by atoms with Crippen LogP contribution in [-0.4, -0.2) is 45.1 Å². The maximum Gasteiger partial charge on any atom is 0.586 e. The van der Waals surface area contributed by atoms with Gasteiger partial charge >= 0.3 is 6.29 Å². The van der Waals surface area contributed by atoms with Crippen LogP contribution in [0.4, 0.5) is 14.5 Å². The molecule has 190 valence electrons. The summed E-state index contributed by atoms with van der Waals surface area (Å²) in [5, 5.41) is 4.51. The summed E-state index contributed by atoms with van der Waals surface area (Å²) < 4.78 is 42.5. The van der Waals surface area contributed by atoms with Crippen LogP contribution in [-0.2, 0) is 11.3 Å². The van der Waals surface area contributed by atoms with E-state index in [9.17, 15) is 18.4 Å². The molecule has 0 saturated heterocycles. The van der Waals surface area contributed by atoms with Gasteiger partial charge in [-0.15, -0.1) is 8.78 Å². The minimum Gasteiger partial charge on any atom is -0.497 e. The number of H-pyrrole nitrogens is 1. The van der Waals surface area contributed by atoms with Crippen molar-refractivity contribution in [1.29, 1.82) is 0 Å². The summed E-state index contributed by atoms with van der Waals surface area (Å²) >= 11 is 0. The van der Waals surface area contributed by atoms with Gasteiger partial charge in [0.15, 0.2) is 11.5 Å². The van der Waals surface area contributed by atoms with E-state index in [1.165, 1.54) is 29.4 Å². The predicted octanol–water partition coefficient (Wildman–Crippen LogP) is 3.62. The summed E-state index contributed by atoms with van der Waals surface area (Å²) in [6, 6.07) is 9.58. The van der Waals surface area contributed by atoms with Crippen molar-refractivity contribution in [3.05, 3.63) is 58.6 Å². The van der Waals surface area contributed by atoms with Crippen LogP contribution >= 0.6 is 0 Å². The number of imidazole rings is 1. The van der Waals surface area contributed by atoms with Gasteiger partial charge in [-0.2, -0.15) is 5.10 Å². The number of anilines is 1. The highest BCUT2D eigenvalue weighted by Crippen LogP contribution is 2.44. The van der Waals surface area contributed by atoms with Crippen molar-refractivity contribution in [3.8, 4) is 28.5 Å². The highest BCUT2D eigenvalue weighted by atomic mass is 19.3. The fourth-order valence-corrected chi connectivity index (χ4v) is 4.47. The zero-order valence-corrected chi connectivity index (χ0v) is 19.8. The lowest BCUT2D eigenvalue weighted by molar-refractivity contribution is -0.286. The van der Waals surface area contributed by atoms with Crippen molar-refractivity contribution in [2.24, 2.45) is 0 Å². The fourth-order valence-electron chi connectivity index (χ4n) is 4.47. The summed E-state index contributed by atoms with van der Waals surface area (Å²) in [5.41, 5.74) is 2.44. The number of rotatable bonds is 6. The van der Waals surface area contributed by atoms with Crippen molar-refractivity contribution in [3.63, 3.8) is 0 Å². The Hall–Kier alpha value is -4.48. The Bertz CT molecular complexity index is 1610. The molecule has 4 aromatic rings. The Morgan fingerprint density at radius 1 is 1.22 bits per heavy atom. The van der Waals surface area contributed by atoms with E-state index in [0.717, 1.165) is 23.1 Å². The number of amides is 1. The smallest absolute Gasteiger partial charge is 0.497 e. The molecule has 1 aliphatic carbocycles. The Morgan fingerprint density at radius 3 is 2.76 bits per heavy atom. The molecule has 6 rings (SSSR count). The van der Waals surface area contributed by atoms with E-state index < -0.39 is 17.8 Å². The van der Waals surface area contributed by atoms with Crippen molar-refractivity contribution in [2.45, 2.75) is 38.6 Å². The number of aromatic amines is 1. The largest absolute Gasteiger partial charge is 0.586 e. The molecule has 1 fully saturated rings. The first-order valence-corrected chi connectivity index (χ1v) is 11.5. The molecule has 0 spiro atoms. The van der Waals surface area contributed by atoms with Crippen LogP contribution in [0.1, 0.15) is 18.4 Å². The number of hydrogen-bond acceptors (Lipinski definition) is 7. The Balaban J connectivity index is 1.38. The number of nitrogens with zero attached hydrogens (tertiary/aromatic N) is 4. The SMILES string of the molecule is COc1cc(C)cc(-c2nn(CC(=O)N(c3ccc4c(c3)OC(F)(F)O4)C3CC3)c(=O)c3[nH]cnc23)c1. The average Bonchev–Trinajstić information content (AvgIpc) is 3.45. The lowest BCUT2D eigenvalue weighted by atomic mass is 10.1. The minimum atomic E-state index is -3.76. The second kappa shape index (κ2) is 8.29. The van der Waals surface area contributed by atoms with Crippen molar-refractivity contribution in [1.82, 2.24) is 19.7 Å². The first-order chi connectivity index (χ1) is 17.7. The molecule has 0 bridgehead atoms. The van der Waals surface area contributed by atoms with E-state index >= 15 is 0 Å². The molecule has 2 aromatic heterocycles. The van der Waals surface area contributed by atoms with Gasteiger partial charge in [-0.3, -0.25) is 9.59 Å². The fraction of sp³-hybridized carbons (Fsp3) is 0.280. The number of halogens is 2. The monoisotopic (exact) mass is 509 g/mol. The van der Waals surface area contributed by atoms with Gasteiger partial charge in [0.05, 0.1) is 13.4 Å². The van der Waals surface area contributed by atoms with Gasteiger partial charge in [-0.1, -0.05) is 0 Å². The third-order valence-corrected chi connectivity index (χ3v) is 6.22. The van der Waals surface area contributed by atoms with E-state index in [2.05, 4.69) is 24.5 Å². The molecule has 10 nitrogen and oxygen atoms in total. The molecule has 0 unspecified atom stereocenters. The maximum atomic E-state index is 13.5. The molecule has 0 radical (unpaired) electrons. The number of fused-ring (bicyclic) bond motifs is 2. The number of alkyl halides is 2. The molecule has 2 aromatic carbocycles. The highest BCUT2D eigenvalue weighted by molar-refractivity contribution is 5.95. The van der Waals surface area contributed by atoms with Gasteiger partial charge in [0, 0.05) is 23.4 Å². The summed E-state index contributed by atoms with van der Waals surface area (Å²) in [7, 11) is 1.55. The summed E-state index contributed by atoms with van der Waals surface area (Å²) in [5.74, 6) is -0.0828. The van der Waals surface area contributed by atoms with Gasteiger partial charge < -0.3 is 24.1 Å². The predicted molar refractivity (Wildman–Crippen MR) is 128 cm³/mol. The molecule has 0 atom stereocenters. The standard InChI is InChI=1S/C25H21F2N5O5/c1-13-7-14(9-17(8-13)35-2)21-22-23(29-12-28-22)24(34)31(30-21)11-20(33)32(15-3-4-15)16-5-6-18-19(10-16)37-25(26,27)36-18/h5-10,12,15H,3-4,11H2,1-2H3,(H,28,29). The second-order valence-corrected chi connectivity index (χ2v) is 8.97. The number of carbonyl (C=O) groups is 1. The number of hydrogen-bond donors (Lipinski definition) is 1. The Morgan fingerprint density at radius 2 is 2.00 bits per heavy atom. The summed E-state index contributed by atoms with van der Waals surface area (Å²) in [6.45, 7) is 1.53. The van der Waals surface area contributed by atoms with E-state index in [-0.39, 0.29) is 29.6 Å². The van der Waals surface area contributed by atoms with Crippen LogP contribution in [0.15, 0.2) is 47.5 Å². The molecule has 12 heteroatoms. The first kappa shape index (κ1) is 23.0. The zero-order valence-electron chi connectivity index (χ0n) is 19.8. The van der Waals surface area contributed by atoms with Crippen molar-refractivity contribution >= 4 is 22.6 Å². The molecular formula is C25H21F2N5O5. The number of benzene rings is 2. The van der Waals surface area contributed by atoms with Gasteiger partial charge in [-0.05, 0) is 55.7 Å². The Labute approximate surface area is 208 Å². The normalized spacial score (nSPS) is 15.7. The topological polar surface area (TPSA) is 112 Å². The molecule has 1 N–H and O–H groups in total. The number of methoxy groups -OCH3 is 1. The minimum absolute atomic E-state index is 0.113. The molecule has 1 saturated carbocycles. The zero-order chi connectivity index (χ0) is 25.9. The van der Waals surface area contributed by atoms with Gasteiger partial charge in [0.1, 0.15) is 29.0 Å². The number of aryl methyl sites for hydroxylation is 1. The third-order valence-electron chi connectivity index (χ3n) is 6.22. The van der Waals surface area contributed by atoms with Crippen LogP contribution in [0.3, 0.4) is 0 Å². The molecule has 2 aliphatic rings. The van der Waals surface area contributed by atoms with Crippen LogP contribution < -0.4 is 24.7 Å². The quantitative estimate of drug-likeness (QED) is 0.423. The summed E-state index contributed by atoms with van der Waals surface area (Å²) in [4.78, 5) is 35.3. The molecule has 3 heterocycles. The van der Waals surface area contributed by atoms with Crippen LogP contribution in [0.5, 0.6) is 17.2 Å². The number of nitrogens with one attached hydrogen (secondary N) is 1. The van der Waals surface area contributed by atoms with Crippen LogP contribution in [0, 0.1) is 6.92 Å². The van der Waals surface area contributed by atoms with Gasteiger partial charge in [-0.25, -0.2) is 9.67 Å². The molecule has 1 aliphatic heterocycles. The van der Waals surface area contributed by atoms with E-state index in [4.69, 9.17) is 4.74 Å². The maximum absolute atomic E-state index is 13.5. The van der Waals surface area contributed by atoms with E-state index in [1.54, 1.807) is 13.2 Å². The van der Waals surface area contributed by atoms with E-state index in [1.807, 2.05) is 19.1 Å². The third kappa shape index (κ3) is 4.13. The molecular weight excluding hydrogens is 488 g/mol. The first-order valence-electron chi connectivity index (χ1n) is 11.5. The lowest BCUT2D eigenvalue weighted by Crippen LogP contribution is -2.39. The lowest BCUT2D eigenvalue weighted by Gasteiger charge is -2.23.